The lowest BCUT2D eigenvalue weighted by molar-refractivity contribution is -0.134. The van der Waals surface area contributed by atoms with Crippen molar-refractivity contribution in [2.24, 2.45) is 0 Å². The summed E-state index contributed by atoms with van der Waals surface area (Å²) in [6, 6.07) is 17.2. The van der Waals surface area contributed by atoms with E-state index >= 15 is 0 Å². The van der Waals surface area contributed by atoms with Gasteiger partial charge in [-0.05, 0) is 64.3 Å². The van der Waals surface area contributed by atoms with Crippen LogP contribution in [0.3, 0.4) is 0 Å². The van der Waals surface area contributed by atoms with Crippen molar-refractivity contribution >= 4 is 23.5 Å². The minimum atomic E-state index is -1.26. The van der Waals surface area contributed by atoms with Crippen LogP contribution < -0.4 is 9.64 Å². The predicted octanol–water partition coefficient (Wildman–Crippen LogP) is 3.39. The highest BCUT2D eigenvalue weighted by molar-refractivity contribution is 6.06. The molecular formula is C24H30N2O6. The zero-order valence-electron chi connectivity index (χ0n) is 18.8. The van der Waals surface area contributed by atoms with Crippen molar-refractivity contribution < 1.29 is 29.3 Å². The van der Waals surface area contributed by atoms with E-state index in [1.165, 1.54) is 0 Å². The molecule has 0 aliphatic carbocycles. The zero-order valence-corrected chi connectivity index (χ0v) is 18.8. The van der Waals surface area contributed by atoms with E-state index in [0.29, 0.717) is 24.3 Å². The summed E-state index contributed by atoms with van der Waals surface area (Å²) in [5.41, 5.74) is 1.57. The summed E-state index contributed by atoms with van der Waals surface area (Å²) >= 11 is 0. The van der Waals surface area contributed by atoms with Crippen molar-refractivity contribution in [2.45, 2.75) is 19.9 Å². The summed E-state index contributed by atoms with van der Waals surface area (Å²) in [6.45, 7) is 5.43. The molecule has 8 heteroatoms. The van der Waals surface area contributed by atoms with Gasteiger partial charge in [0.05, 0.1) is 6.61 Å². The van der Waals surface area contributed by atoms with Gasteiger partial charge in [0.15, 0.2) is 0 Å². The van der Waals surface area contributed by atoms with Crippen molar-refractivity contribution in [1.82, 2.24) is 4.90 Å². The molecule has 2 aromatic rings. The fraction of sp³-hybridized carbons (Fsp3) is 0.292. The van der Waals surface area contributed by atoms with Crippen molar-refractivity contribution in [1.29, 1.82) is 0 Å². The first-order valence-corrected chi connectivity index (χ1v) is 10.1. The van der Waals surface area contributed by atoms with Crippen LogP contribution in [0.2, 0.25) is 0 Å². The van der Waals surface area contributed by atoms with Gasteiger partial charge < -0.3 is 24.7 Å². The second-order valence-corrected chi connectivity index (χ2v) is 7.09. The van der Waals surface area contributed by atoms with E-state index < -0.39 is 11.9 Å². The third-order valence-electron chi connectivity index (χ3n) is 4.10. The molecule has 0 fully saturated rings. The van der Waals surface area contributed by atoms with E-state index in [0.717, 1.165) is 18.0 Å². The summed E-state index contributed by atoms with van der Waals surface area (Å²) in [7, 11) is 4.03. The van der Waals surface area contributed by atoms with Gasteiger partial charge in [0.1, 0.15) is 5.75 Å². The highest BCUT2D eigenvalue weighted by atomic mass is 16.5. The van der Waals surface area contributed by atoms with E-state index in [4.69, 9.17) is 14.9 Å². The molecule has 2 N–H and O–H groups in total. The minimum absolute atomic E-state index is 0.00844. The zero-order chi connectivity index (χ0) is 24.1. The second-order valence-electron chi connectivity index (χ2n) is 7.09. The first kappa shape index (κ1) is 26.4. The summed E-state index contributed by atoms with van der Waals surface area (Å²) in [6.07, 6.45) is 1.12. The van der Waals surface area contributed by atoms with Gasteiger partial charge in [0.25, 0.3) is 5.91 Å². The number of carboxylic acids is 2. The molecule has 0 bridgehead atoms. The molecule has 1 atom stereocenters. The Labute approximate surface area is 188 Å². The third-order valence-corrected chi connectivity index (χ3v) is 4.10. The smallest absolute Gasteiger partial charge is 0.328 e. The summed E-state index contributed by atoms with van der Waals surface area (Å²) in [4.78, 5) is 36.1. The lowest BCUT2D eigenvalue weighted by Gasteiger charge is -2.31. The Bertz CT molecular complexity index is 878. The maximum atomic E-state index is 13.1. The molecule has 2 aromatic carbocycles. The highest BCUT2D eigenvalue weighted by Gasteiger charge is 2.23. The van der Waals surface area contributed by atoms with Crippen LogP contribution in [0.15, 0.2) is 66.7 Å². The van der Waals surface area contributed by atoms with Gasteiger partial charge in [0.2, 0.25) is 0 Å². The van der Waals surface area contributed by atoms with Crippen LogP contribution in [0.4, 0.5) is 5.69 Å². The van der Waals surface area contributed by atoms with Crippen LogP contribution in [0.25, 0.3) is 0 Å². The Balaban J connectivity index is 0.000000547. The average Bonchev–Trinajstić information content (AvgIpc) is 2.74. The Morgan fingerprint density at radius 1 is 0.938 bits per heavy atom. The van der Waals surface area contributed by atoms with Gasteiger partial charge in [-0.15, -0.1) is 0 Å². The predicted molar refractivity (Wildman–Crippen MR) is 123 cm³/mol. The molecule has 8 nitrogen and oxygen atoms in total. The number of nitrogens with zero attached hydrogens (tertiary/aromatic N) is 2. The molecule has 32 heavy (non-hydrogen) atoms. The number of carboxylic acid groups (broad SMARTS) is 2. The maximum Gasteiger partial charge on any atom is 0.328 e. The van der Waals surface area contributed by atoms with Gasteiger partial charge in [0, 0.05) is 36.0 Å². The molecule has 0 heterocycles. The molecule has 0 aliphatic rings. The maximum absolute atomic E-state index is 13.1. The molecule has 1 amide bonds. The van der Waals surface area contributed by atoms with Gasteiger partial charge in [-0.25, -0.2) is 9.59 Å². The van der Waals surface area contributed by atoms with E-state index in [2.05, 4.69) is 11.8 Å². The van der Waals surface area contributed by atoms with Crippen molar-refractivity contribution in [3.05, 3.63) is 72.3 Å². The summed E-state index contributed by atoms with van der Waals surface area (Å²) < 4.78 is 5.50. The topological polar surface area (TPSA) is 107 Å². The Morgan fingerprint density at radius 3 is 1.91 bits per heavy atom. The van der Waals surface area contributed by atoms with Crippen molar-refractivity contribution in [3.8, 4) is 5.75 Å². The number of benzene rings is 2. The fourth-order valence-electron chi connectivity index (χ4n) is 2.91. The molecule has 0 radical (unpaired) electrons. The second kappa shape index (κ2) is 13.6. The normalized spacial score (nSPS) is 11.4. The SMILES string of the molecule is CCOc1ccc(N(C(=O)c2ccccc2)C(C)CN(C)C)cc1.O=C(O)/C=C/C(=O)O. The molecule has 0 saturated heterocycles. The number of anilines is 1. The number of likely N-dealkylation sites (N-methyl/N-ethyl adjacent to an activating group) is 1. The molecule has 0 aliphatic heterocycles. The van der Waals surface area contributed by atoms with Crippen LogP contribution in [-0.2, 0) is 9.59 Å². The number of aliphatic carboxylic acids is 2. The largest absolute Gasteiger partial charge is 0.494 e. The quantitative estimate of drug-likeness (QED) is 0.573. The lowest BCUT2D eigenvalue weighted by Crippen LogP contribution is -2.44. The van der Waals surface area contributed by atoms with Crippen LogP contribution in [0, 0.1) is 0 Å². The standard InChI is InChI=1S/C20H26N2O2.C4H4O4/c1-5-24-19-13-11-18(12-14-19)22(16(2)15-21(3)4)20(23)17-9-7-6-8-10-17;5-3(6)1-2-4(7)8/h6-14,16H,5,15H2,1-4H3;1-2H,(H,5,6)(H,7,8)/b;2-1+. The number of rotatable bonds is 9. The monoisotopic (exact) mass is 442 g/mol. The molecule has 1 unspecified atom stereocenters. The van der Waals surface area contributed by atoms with E-state index in [-0.39, 0.29) is 11.9 Å². The average molecular weight is 443 g/mol. The summed E-state index contributed by atoms with van der Waals surface area (Å²) in [5, 5.41) is 15.6. The number of carbonyl (C=O) groups excluding carboxylic acids is 1. The first-order valence-electron chi connectivity index (χ1n) is 10.1. The van der Waals surface area contributed by atoms with E-state index in [9.17, 15) is 14.4 Å². The molecule has 0 aromatic heterocycles. The number of amides is 1. The Kier molecular flexibility index (Phi) is 11.2. The highest BCUT2D eigenvalue weighted by Crippen LogP contribution is 2.24. The minimum Gasteiger partial charge on any atom is -0.494 e. The summed E-state index contributed by atoms with van der Waals surface area (Å²) in [5.74, 6) is -1.69. The van der Waals surface area contributed by atoms with Crippen molar-refractivity contribution in [2.75, 3.05) is 32.1 Å². The molecule has 2 rings (SSSR count). The van der Waals surface area contributed by atoms with Crippen LogP contribution in [-0.4, -0.2) is 66.2 Å². The van der Waals surface area contributed by atoms with Gasteiger partial charge >= 0.3 is 11.9 Å². The van der Waals surface area contributed by atoms with Gasteiger partial charge in [-0.2, -0.15) is 0 Å². The fourth-order valence-corrected chi connectivity index (χ4v) is 2.91. The van der Waals surface area contributed by atoms with Crippen LogP contribution >= 0.6 is 0 Å². The first-order chi connectivity index (χ1) is 15.1. The van der Waals surface area contributed by atoms with Crippen LogP contribution in [0.5, 0.6) is 5.75 Å². The van der Waals surface area contributed by atoms with Crippen molar-refractivity contribution in [3.63, 3.8) is 0 Å². The number of hydrogen-bond donors (Lipinski definition) is 2. The Hall–Kier alpha value is -3.65. The number of hydrogen-bond acceptors (Lipinski definition) is 5. The third kappa shape index (κ3) is 9.44. The molecule has 0 saturated carbocycles. The lowest BCUT2D eigenvalue weighted by atomic mass is 10.1. The Morgan fingerprint density at radius 2 is 1.47 bits per heavy atom. The van der Waals surface area contributed by atoms with Gasteiger partial charge in [-0.1, -0.05) is 18.2 Å². The molecular weight excluding hydrogens is 412 g/mol. The molecule has 0 spiro atoms. The van der Waals surface area contributed by atoms with E-state index in [1.807, 2.05) is 80.5 Å². The number of ether oxygens (including phenoxy) is 1. The molecule has 172 valence electrons. The van der Waals surface area contributed by atoms with Crippen LogP contribution in [0.1, 0.15) is 24.2 Å². The van der Waals surface area contributed by atoms with Gasteiger partial charge in [-0.3, -0.25) is 4.79 Å². The van der Waals surface area contributed by atoms with E-state index in [1.54, 1.807) is 0 Å². The number of carbonyl (C=O) groups is 3.